The normalized spacial score (nSPS) is 9.94. The molecule has 3 N–H and O–H groups in total. The average molecular weight is 465 g/mol. The number of benzene rings is 2. The van der Waals surface area contributed by atoms with Crippen LogP contribution in [-0.2, 0) is 9.47 Å². The Bertz CT molecular complexity index is 809. The molecule has 182 valence electrons. The zero-order valence-corrected chi connectivity index (χ0v) is 19.2. The summed E-state index contributed by atoms with van der Waals surface area (Å²) in [5.41, 5.74) is 0.532. The van der Waals surface area contributed by atoms with Crippen molar-refractivity contribution >= 4 is 11.9 Å². The first-order valence-corrected chi connectivity index (χ1v) is 10.6. The van der Waals surface area contributed by atoms with Gasteiger partial charge in [0.25, 0.3) is 0 Å². The molecule has 2 aromatic rings. The van der Waals surface area contributed by atoms with Crippen molar-refractivity contribution in [3.05, 3.63) is 47.5 Å². The predicted molar refractivity (Wildman–Crippen MR) is 121 cm³/mol. The first kappa shape index (κ1) is 27.6. The minimum atomic E-state index is -0.536. The molecule has 0 amide bonds. The lowest BCUT2D eigenvalue weighted by atomic mass is 10.2. The molecule has 2 aromatic carbocycles. The monoisotopic (exact) mass is 464 g/mol. The molecule has 0 aromatic heterocycles. The van der Waals surface area contributed by atoms with E-state index < -0.39 is 11.9 Å². The van der Waals surface area contributed by atoms with E-state index in [-0.39, 0.29) is 47.3 Å². The van der Waals surface area contributed by atoms with Crippen molar-refractivity contribution < 1.29 is 43.9 Å². The van der Waals surface area contributed by atoms with E-state index in [2.05, 4.69) is 6.92 Å². The Morgan fingerprint density at radius 3 is 1.48 bits per heavy atom. The van der Waals surface area contributed by atoms with E-state index >= 15 is 0 Å². The summed E-state index contributed by atoms with van der Waals surface area (Å²) in [7, 11) is 2.78. The maximum absolute atomic E-state index is 12.0. The van der Waals surface area contributed by atoms with Gasteiger partial charge in [0.05, 0.1) is 38.6 Å². The van der Waals surface area contributed by atoms with Crippen molar-refractivity contribution in [3.63, 3.8) is 0 Å². The second kappa shape index (κ2) is 15.4. The number of carbonyl (C=O) groups excluding carboxylic acids is 2. The minimum absolute atomic E-state index is 0.0629. The van der Waals surface area contributed by atoms with Crippen LogP contribution >= 0.6 is 0 Å². The number of methoxy groups -OCH3 is 2. The average Bonchev–Trinajstić information content (AvgIpc) is 2.82. The number of carbonyl (C=O) groups is 2. The lowest BCUT2D eigenvalue weighted by Gasteiger charge is -2.09. The van der Waals surface area contributed by atoms with E-state index in [4.69, 9.17) is 24.1 Å². The number of phenols is 2. The zero-order chi connectivity index (χ0) is 24.6. The third-order valence-corrected chi connectivity index (χ3v) is 4.35. The molecule has 0 aliphatic heterocycles. The Balaban J connectivity index is 0.000000981. The molecule has 0 saturated heterocycles. The van der Waals surface area contributed by atoms with Gasteiger partial charge in [-0.25, -0.2) is 9.59 Å². The molecule has 0 bridgehead atoms. The first-order valence-electron chi connectivity index (χ1n) is 10.6. The standard InChI is InChI=1S/C20H22O8.C4H10O/c1-25-17-11-13(5-7-15(17)21)19(23)27-9-3-4-10-28-20(24)14-6-8-16(22)18(12-14)26-2;1-2-3-4-5/h5-8,11-12,21-22H,3-4,9-10H2,1-2H3;5H,2-4H2,1H3. The van der Waals surface area contributed by atoms with E-state index in [1.165, 1.54) is 50.6 Å². The number of aromatic hydroxyl groups is 2. The van der Waals surface area contributed by atoms with Gasteiger partial charge >= 0.3 is 11.9 Å². The summed E-state index contributed by atoms with van der Waals surface area (Å²) >= 11 is 0. The molecule has 9 nitrogen and oxygen atoms in total. The van der Waals surface area contributed by atoms with Crippen LogP contribution in [0.5, 0.6) is 23.0 Å². The summed E-state index contributed by atoms with van der Waals surface area (Å²) in [5, 5.41) is 27.1. The maximum atomic E-state index is 12.0. The van der Waals surface area contributed by atoms with Crippen LogP contribution in [0.1, 0.15) is 53.3 Å². The number of esters is 2. The number of hydrogen-bond donors (Lipinski definition) is 3. The highest BCUT2D eigenvalue weighted by Crippen LogP contribution is 2.27. The Morgan fingerprint density at radius 2 is 1.18 bits per heavy atom. The molecule has 0 aliphatic rings. The number of unbranched alkanes of at least 4 members (excludes halogenated alkanes) is 2. The van der Waals surface area contributed by atoms with Crippen LogP contribution in [0.15, 0.2) is 36.4 Å². The van der Waals surface area contributed by atoms with Gasteiger partial charge in [-0.05, 0) is 55.7 Å². The van der Waals surface area contributed by atoms with Crippen LogP contribution < -0.4 is 9.47 Å². The Labute approximate surface area is 193 Å². The molecule has 33 heavy (non-hydrogen) atoms. The van der Waals surface area contributed by atoms with Crippen LogP contribution in [-0.4, -0.2) is 61.3 Å². The van der Waals surface area contributed by atoms with Crippen molar-refractivity contribution in [2.45, 2.75) is 32.6 Å². The van der Waals surface area contributed by atoms with E-state index in [0.717, 1.165) is 12.8 Å². The molecular weight excluding hydrogens is 432 g/mol. The summed E-state index contributed by atoms with van der Waals surface area (Å²) < 4.78 is 20.2. The van der Waals surface area contributed by atoms with E-state index in [1.807, 2.05) is 0 Å². The number of aliphatic hydroxyl groups is 1. The lowest BCUT2D eigenvalue weighted by Crippen LogP contribution is -2.09. The smallest absolute Gasteiger partial charge is 0.338 e. The Kier molecular flexibility index (Phi) is 12.8. The molecule has 2 rings (SSSR count). The molecule has 0 unspecified atom stereocenters. The molecule has 0 spiro atoms. The van der Waals surface area contributed by atoms with E-state index in [0.29, 0.717) is 19.4 Å². The first-order chi connectivity index (χ1) is 15.9. The second-order valence-electron chi connectivity index (χ2n) is 6.83. The predicted octanol–water partition coefficient (Wildman–Crippen LogP) is 3.69. The molecule has 0 heterocycles. The van der Waals surface area contributed by atoms with Crippen LogP contribution in [0.4, 0.5) is 0 Å². The minimum Gasteiger partial charge on any atom is -0.504 e. The summed E-state index contributed by atoms with van der Waals surface area (Å²) in [4.78, 5) is 23.9. The molecule has 0 radical (unpaired) electrons. The molecule has 0 aliphatic carbocycles. The van der Waals surface area contributed by atoms with Crippen LogP contribution in [0.25, 0.3) is 0 Å². The highest BCUT2D eigenvalue weighted by atomic mass is 16.5. The van der Waals surface area contributed by atoms with Gasteiger partial charge in [-0.2, -0.15) is 0 Å². The van der Waals surface area contributed by atoms with Crippen LogP contribution in [0, 0.1) is 0 Å². The molecule has 0 fully saturated rings. The zero-order valence-electron chi connectivity index (χ0n) is 19.2. The highest BCUT2D eigenvalue weighted by Gasteiger charge is 2.12. The molecule has 0 atom stereocenters. The van der Waals surface area contributed by atoms with Crippen LogP contribution in [0.2, 0.25) is 0 Å². The van der Waals surface area contributed by atoms with Gasteiger partial charge in [0.1, 0.15) is 0 Å². The molecule has 9 heteroatoms. The van der Waals surface area contributed by atoms with Gasteiger partial charge in [0.2, 0.25) is 0 Å². The van der Waals surface area contributed by atoms with Crippen molar-refractivity contribution in [1.82, 2.24) is 0 Å². The summed E-state index contributed by atoms with van der Waals surface area (Å²) in [6.07, 6.45) is 3.05. The molecular formula is C24H32O9. The van der Waals surface area contributed by atoms with Gasteiger partial charge in [-0.3, -0.25) is 0 Å². The third-order valence-electron chi connectivity index (χ3n) is 4.35. The van der Waals surface area contributed by atoms with E-state index in [1.54, 1.807) is 0 Å². The van der Waals surface area contributed by atoms with Crippen molar-refractivity contribution in [1.29, 1.82) is 0 Å². The number of rotatable bonds is 11. The van der Waals surface area contributed by atoms with Gasteiger partial charge in [0, 0.05) is 6.61 Å². The summed E-state index contributed by atoms with van der Waals surface area (Å²) in [5.74, 6) is -0.823. The van der Waals surface area contributed by atoms with Gasteiger partial charge in [0.15, 0.2) is 23.0 Å². The Hall–Kier alpha value is -3.46. The third kappa shape index (κ3) is 9.69. The SMILES string of the molecule is CCCCO.COc1cc(C(=O)OCCCCOC(=O)c2ccc(O)c(OC)c2)ccc1O. The number of hydrogen-bond acceptors (Lipinski definition) is 9. The van der Waals surface area contributed by atoms with Crippen molar-refractivity contribution in [3.8, 4) is 23.0 Å². The lowest BCUT2D eigenvalue weighted by molar-refractivity contribution is 0.0432. The summed E-state index contributed by atoms with van der Waals surface area (Å²) in [6, 6.07) is 8.37. The fraction of sp³-hybridized carbons (Fsp3) is 0.417. The van der Waals surface area contributed by atoms with Crippen LogP contribution in [0.3, 0.4) is 0 Å². The number of aliphatic hydroxyl groups excluding tert-OH is 1. The maximum Gasteiger partial charge on any atom is 0.338 e. The quantitative estimate of drug-likeness (QED) is 0.336. The second-order valence-corrected chi connectivity index (χ2v) is 6.83. The van der Waals surface area contributed by atoms with Gasteiger partial charge in [-0.1, -0.05) is 13.3 Å². The number of ether oxygens (including phenoxy) is 4. The van der Waals surface area contributed by atoms with Gasteiger partial charge < -0.3 is 34.3 Å². The largest absolute Gasteiger partial charge is 0.504 e. The Morgan fingerprint density at radius 1 is 0.758 bits per heavy atom. The highest BCUT2D eigenvalue weighted by molar-refractivity contribution is 5.90. The number of phenolic OH excluding ortho intramolecular Hbond substituents is 2. The van der Waals surface area contributed by atoms with Gasteiger partial charge in [-0.15, -0.1) is 0 Å². The van der Waals surface area contributed by atoms with E-state index in [9.17, 15) is 19.8 Å². The summed E-state index contributed by atoms with van der Waals surface area (Å²) in [6.45, 7) is 2.71. The van der Waals surface area contributed by atoms with Crippen molar-refractivity contribution in [2.75, 3.05) is 34.0 Å². The topological polar surface area (TPSA) is 132 Å². The fourth-order valence-electron chi connectivity index (χ4n) is 2.47. The fourth-order valence-corrected chi connectivity index (χ4v) is 2.47. The molecule has 0 saturated carbocycles. The van der Waals surface area contributed by atoms with Crippen molar-refractivity contribution in [2.24, 2.45) is 0 Å².